The summed E-state index contributed by atoms with van der Waals surface area (Å²) in [5.41, 5.74) is 0. The second kappa shape index (κ2) is 8.43. The topological polar surface area (TPSA) is 32.3 Å². The van der Waals surface area contributed by atoms with Gasteiger partial charge in [-0.25, -0.2) is 0 Å². The Labute approximate surface area is 98.2 Å². The van der Waals surface area contributed by atoms with E-state index in [2.05, 4.69) is 12.2 Å². The van der Waals surface area contributed by atoms with E-state index in [1.54, 1.807) is 0 Å². The molecule has 15 heavy (non-hydrogen) atoms. The third kappa shape index (κ3) is 5.23. The second-order valence-electron chi connectivity index (χ2n) is 4.29. The monoisotopic (exact) mass is 231 g/mol. The highest BCUT2D eigenvalue weighted by Crippen LogP contribution is 2.26. The van der Waals surface area contributed by atoms with Gasteiger partial charge in [-0.1, -0.05) is 32.6 Å². The van der Waals surface area contributed by atoms with Gasteiger partial charge in [-0.2, -0.15) is 11.8 Å². The summed E-state index contributed by atoms with van der Waals surface area (Å²) in [5, 5.41) is 13.2. The van der Waals surface area contributed by atoms with Gasteiger partial charge in [0.2, 0.25) is 0 Å². The number of hydrogen-bond donors (Lipinski definition) is 2. The van der Waals surface area contributed by atoms with Crippen molar-refractivity contribution in [2.24, 2.45) is 0 Å². The van der Waals surface area contributed by atoms with Crippen LogP contribution in [0.25, 0.3) is 0 Å². The van der Waals surface area contributed by atoms with E-state index in [0.717, 1.165) is 17.5 Å². The van der Waals surface area contributed by atoms with Crippen molar-refractivity contribution in [2.75, 3.05) is 18.9 Å². The van der Waals surface area contributed by atoms with Gasteiger partial charge in [-0.3, -0.25) is 0 Å². The van der Waals surface area contributed by atoms with Crippen molar-refractivity contribution in [3.05, 3.63) is 0 Å². The van der Waals surface area contributed by atoms with Crippen molar-refractivity contribution < 1.29 is 5.11 Å². The zero-order valence-corrected chi connectivity index (χ0v) is 10.7. The third-order valence-corrected chi connectivity index (χ3v) is 4.50. The molecule has 1 rings (SSSR count). The molecule has 0 aliphatic heterocycles. The van der Waals surface area contributed by atoms with Gasteiger partial charge in [0.25, 0.3) is 0 Å². The number of nitrogens with one attached hydrogen (secondary N) is 1. The lowest BCUT2D eigenvalue weighted by atomic mass is 9.96. The van der Waals surface area contributed by atoms with Crippen LogP contribution in [0.4, 0.5) is 0 Å². The smallest absolute Gasteiger partial charge is 0.0521 e. The minimum atomic E-state index is 0.319. The van der Waals surface area contributed by atoms with E-state index < -0.39 is 0 Å². The standard InChI is InChI=1S/C12H25NOS/c1-2-13-11-7-5-3-4-6-8-12(11)15-10-9-14/h11-14H,2-10H2,1H3. The van der Waals surface area contributed by atoms with Gasteiger partial charge in [0, 0.05) is 17.0 Å². The fourth-order valence-corrected chi connectivity index (χ4v) is 3.56. The summed E-state index contributed by atoms with van der Waals surface area (Å²) < 4.78 is 0. The van der Waals surface area contributed by atoms with Crippen molar-refractivity contribution in [1.82, 2.24) is 5.32 Å². The van der Waals surface area contributed by atoms with Gasteiger partial charge in [0.15, 0.2) is 0 Å². The molecule has 2 nitrogen and oxygen atoms in total. The molecule has 1 saturated carbocycles. The Morgan fingerprint density at radius 1 is 1.20 bits per heavy atom. The molecule has 0 spiro atoms. The Balaban J connectivity index is 2.40. The number of aliphatic hydroxyl groups is 1. The van der Waals surface area contributed by atoms with Crippen LogP contribution < -0.4 is 5.32 Å². The predicted molar refractivity (Wildman–Crippen MR) is 68.5 cm³/mol. The first kappa shape index (κ1) is 13.3. The van der Waals surface area contributed by atoms with Crippen LogP contribution in [0.15, 0.2) is 0 Å². The molecule has 3 heteroatoms. The maximum Gasteiger partial charge on any atom is 0.0521 e. The predicted octanol–water partition coefficient (Wildman–Crippen LogP) is 2.41. The summed E-state index contributed by atoms with van der Waals surface area (Å²) >= 11 is 1.96. The molecule has 2 atom stereocenters. The van der Waals surface area contributed by atoms with Crippen molar-refractivity contribution in [3.8, 4) is 0 Å². The minimum absolute atomic E-state index is 0.319. The van der Waals surface area contributed by atoms with Crippen molar-refractivity contribution in [3.63, 3.8) is 0 Å². The number of thioether (sulfide) groups is 1. The van der Waals surface area contributed by atoms with E-state index in [-0.39, 0.29) is 0 Å². The Morgan fingerprint density at radius 3 is 2.60 bits per heavy atom. The molecule has 0 amide bonds. The highest BCUT2D eigenvalue weighted by Gasteiger charge is 2.21. The van der Waals surface area contributed by atoms with Crippen molar-refractivity contribution in [1.29, 1.82) is 0 Å². The van der Waals surface area contributed by atoms with Crippen molar-refractivity contribution in [2.45, 2.75) is 56.7 Å². The molecule has 0 aromatic rings. The maximum atomic E-state index is 8.90. The minimum Gasteiger partial charge on any atom is -0.396 e. The van der Waals surface area contributed by atoms with Gasteiger partial charge in [-0.05, 0) is 19.4 Å². The average molecular weight is 231 g/mol. The van der Waals surface area contributed by atoms with Crippen LogP contribution in [-0.4, -0.2) is 35.3 Å². The van der Waals surface area contributed by atoms with Crippen LogP contribution >= 0.6 is 11.8 Å². The summed E-state index contributed by atoms with van der Waals surface area (Å²) in [6.45, 7) is 3.58. The van der Waals surface area contributed by atoms with E-state index >= 15 is 0 Å². The van der Waals surface area contributed by atoms with Gasteiger partial charge in [0.1, 0.15) is 0 Å². The molecule has 0 saturated heterocycles. The largest absolute Gasteiger partial charge is 0.396 e. The van der Waals surface area contributed by atoms with E-state index in [1.807, 2.05) is 11.8 Å². The number of aliphatic hydroxyl groups excluding tert-OH is 1. The molecule has 1 aliphatic carbocycles. The van der Waals surface area contributed by atoms with E-state index in [0.29, 0.717) is 12.6 Å². The zero-order chi connectivity index (χ0) is 10.9. The van der Waals surface area contributed by atoms with Crippen molar-refractivity contribution >= 4 is 11.8 Å². The number of rotatable bonds is 5. The van der Waals surface area contributed by atoms with Crippen LogP contribution in [0, 0.1) is 0 Å². The highest BCUT2D eigenvalue weighted by atomic mass is 32.2. The Hall–Kier alpha value is 0.270. The first-order valence-electron chi connectivity index (χ1n) is 6.34. The molecule has 90 valence electrons. The fourth-order valence-electron chi connectivity index (χ4n) is 2.35. The third-order valence-electron chi connectivity index (χ3n) is 3.09. The molecule has 1 fully saturated rings. The normalized spacial score (nSPS) is 28.4. The lowest BCUT2D eigenvalue weighted by molar-refractivity contribution is 0.321. The summed E-state index contributed by atoms with van der Waals surface area (Å²) in [7, 11) is 0. The van der Waals surface area contributed by atoms with E-state index in [9.17, 15) is 0 Å². The van der Waals surface area contributed by atoms with E-state index in [4.69, 9.17) is 5.11 Å². The Kier molecular flexibility index (Phi) is 7.49. The maximum absolute atomic E-state index is 8.90. The van der Waals surface area contributed by atoms with Gasteiger partial charge < -0.3 is 10.4 Å². The summed E-state index contributed by atoms with van der Waals surface area (Å²) in [6.07, 6.45) is 8.17. The molecule has 2 N–H and O–H groups in total. The molecular formula is C12H25NOS. The van der Waals surface area contributed by atoms with Gasteiger partial charge >= 0.3 is 0 Å². The lowest BCUT2D eigenvalue weighted by Crippen LogP contribution is -2.39. The SMILES string of the molecule is CCNC1CCCCCCC1SCCO. The van der Waals surface area contributed by atoms with E-state index in [1.165, 1.54) is 38.5 Å². The molecule has 0 aromatic heterocycles. The van der Waals surface area contributed by atoms with Crippen LogP contribution in [-0.2, 0) is 0 Å². The van der Waals surface area contributed by atoms with Crippen LogP contribution in [0.1, 0.15) is 45.4 Å². The summed E-state index contributed by atoms with van der Waals surface area (Å²) in [5.74, 6) is 0.895. The fraction of sp³-hybridized carbons (Fsp3) is 1.00. The molecule has 2 unspecified atom stereocenters. The van der Waals surface area contributed by atoms with Crippen LogP contribution in [0.5, 0.6) is 0 Å². The first-order chi connectivity index (χ1) is 7.38. The summed E-state index contributed by atoms with van der Waals surface area (Å²) in [6, 6.07) is 0.673. The molecule has 0 bridgehead atoms. The zero-order valence-electron chi connectivity index (χ0n) is 9.87. The lowest BCUT2D eigenvalue weighted by Gasteiger charge is -2.29. The molecular weight excluding hydrogens is 206 g/mol. The second-order valence-corrected chi connectivity index (χ2v) is 5.64. The van der Waals surface area contributed by atoms with Gasteiger partial charge in [-0.15, -0.1) is 0 Å². The molecule has 0 radical (unpaired) electrons. The quantitative estimate of drug-likeness (QED) is 0.762. The Morgan fingerprint density at radius 2 is 1.93 bits per heavy atom. The highest BCUT2D eigenvalue weighted by molar-refractivity contribution is 7.99. The van der Waals surface area contributed by atoms with Gasteiger partial charge in [0.05, 0.1) is 6.61 Å². The van der Waals surface area contributed by atoms with Crippen LogP contribution in [0.2, 0.25) is 0 Å². The first-order valence-corrected chi connectivity index (χ1v) is 7.39. The molecule has 1 aliphatic rings. The Bertz CT molecular complexity index is 153. The molecule has 0 heterocycles. The molecule has 0 aromatic carbocycles. The summed E-state index contributed by atoms with van der Waals surface area (Å²) in [4.78, 5) is 0. The average Bonchev–Trinajstić information content (AvgIpc) is 2.22. The number of hydrogen-bond acceptors (Lipinski definition) is 3. The van der Waals surface area contributed by atoms with Crippen LogP contribution in [0.3, 0.4) is 0 Å².